The molecule has 2 amide bonds. The molecular formula is C21H26N4O4. The summed E-state index contributed by atoms with van der Waals surface area (Å²) in [6.07, 6.45) is 0.371. The van der Waals surface area contributed by atoms with Gasteiger partial charge >= 0.3 is 6.09 Å². The van der Waals surface area contributed by atoms with Crippen LogP contribution in [-0.4, -0.2) is 51.5 Å². The van der Waals surface area contributed by atoms with Gasteiger partial charge < -0.3 is 19.7 Å². The summed E-state index contributed by atoms with van der Waals surface area (Å²) in [6.45, 7) is 7.36. The average Bonchev–Trinajstić information content (AvgIpc) is 3.10. The van der Waals surface area contributed by atoms with Crippen LogP contribution in [0.15, 0.2) is 30.3 Å². The lowest BCUT2D eigenvalue weighted by Gasteiger charge is -2.30. The minimum absolute atomic E-state index is 0.102. The van der Waals surface area contributed by atoms with Crippen molar-refractivity contribution in [2.24, 2.45) is 0 Å². The molecule has 0 saturated carbocycles. The summed E-state index contributed by atoms with van der Waals surface area (Å²) in [5.41, 5.74) is 1.71. The van der Waals surface area contributed by atoms with Crippen LogP contribution in [0.2, 0.25) is 0 Å². The number of amides is 2. The number of ether oxygens (including phenoxy) is 2. The molecule has 1 aromatic carbocycles. The lowest BCUT2D eigenvalue weighted by Crippen LogP contribution is -2.43. The number of hydrogen-bond donors (Lipinski definition) is 1. The summed E-state index contributed by atoms with van der Waals surface area (Å²) in [6, 6.07) is 9.49. The summed E-state index contributed by atoms with van der Waals surface area (Å²) >= 11 is 0. The molecule has 2 aliphatic rings. The molecule has 8 nitrogen and oxygen atoms in total. The van der Waals surface area contributed by atoms with Gasteiger partial charge in [-0.1, -0.05) is 18.2 Å². The topological polar surface area (TPSA) is 85.7 Å². The summed E-state index contributed by atoms with van der Waals surface area (Å²) in [7, 11) is 0. The van der Waals surface area contributed by atoms with Crippen LogP contribution in [0.3, 0.4) is 0 Å². The molecule has 0 saturated heterocycles. The van der Waals surface area contributed by atoms with Gasteiger partial charge in [-0.3, -0.25) is 9.48 Å². The first kappa shape index (κ1) is 19.3. The van der Waals surface area contributed by atoms with Gasteiger partial charge in [-0.25, -0.2) is 4.79 Å². The Bertz CT molecular complexity index is 931. The van der Waals surface area contributed by atoms with Crippen LogP contribution in [0, 0.1) is 0 Å². The van der Waals surface area contributed by atoms with E-state index < -0.39 is 5.60 Å². The van der Waals surface area contributed by atoms with Gasteiger partial charge in [0.25, 0.3) is 5.91 Å². The molecule has 0 radical (unpaired) electrons. The van der Waals surface area contributed by atoms with Gasteiger partial charge in [-0.05, 0) is 44.9 Å². The molecule has 29 heavy (non-hydrogen) atoms. The van der Waals surface area contributed by atoms with E-state index in [0.717, 1.165) is 23.4 Å². The Kier molecular flexibility index (Phi) is 4.94. The second-order valence-corrected chi connectivity index (χ2v) is 8.44. The SMILES string of the molecule is CC(C)(C)OC(=O)N1CCn2nc(C(=O)N[C@H]3COc4ccccc4C3)cc2C1. The maximum Gasteiger partial charge on any atom is 0.410 e. The zero-order valence-corrected chi connectivity index (χ0v) is 17.0. The number of carbonyl (C=O) groups excluding carboxylic acids is 2. The molecule has 154 valence electrons. The predicted octanol–water partition coefficient (Wildman–Crippen LogP) is 2.37. The third-order valence-corrected chi connectivity index (χ3v) is 4.90. The number of nitrogens with one attached hydrogen (secondary N) is 1. The van der Waals surface area contributed by atoms with Crippen LogP contribution in [0.5, 0.6) is 5.75 Å². The molecule has 0 bridgehead atoms. The van der Waals surface area contributed by atoms with E-state index in [9.17, 15) is 9.59 Å². The fourth-order valence-electron chi connectivity index (χ4n) is 3.54. The normalized spacial score (nSPS) is 18.3. The van der Waals surface area contributed by atoms with Crippen LogP contribution in [0.4, 0.5) is 4.79 Å². The summed E-state index contributed by atoms with van der Waals surface area (Å²) in [5, 5.41) is 7.42. The van der Waals surface area contributed by atoms with Crippen molar-refractivity contribution < 1.29 is 19.1 Å². The monoisotopic (exact) mass is 398 g/mol. The Hall–Kier alpha value is -3.03. The zero-order valence-electron chi connectivity index (χ0n) is 17.0. The highest BCUT2D eigenvalue weighted by atomic mass is 16.6. The number of para-hydroxylation sites is 1. The van der Waals surface area contributed by atoms with E-state index in [4.69, 9.17) is 9.47 Å². The smallest absolute Gasteiger partial charge is 0.410 e. The van der Waals surface area contributed by atoms with Crippen molar-refractivity contribution in [2.45, 2.75) is 51.9 Å². The van der Waals surface area contributed by atoms with Gasteiger partial charge in [0, 0.05) is 6.54 Å². The first-order valence-electron chi connectivity index (χ1n) is 9.85. The largest absolute Gasteiger partial charge is 0.491 e. The maximum atomic E-state index is 12.7. The van der Waals surface area contributed by atoms with Crippen molar-refractivity contribution in [1.29, 1.82) is 0 Å². The van der Waals surface area contributed by atoms with Crippen LogP contribution in [0.1, 0.15) is 42.5 Å². The molecule has 0 aliphatic carbocycles. The Morgan fingerprint density at radius 1 is 1.24 bits per heavy atom. The minimum atomic E-state index is -0.541. The fraction of sp³-hybridized carbons (Fsp3) is 0.476. The minimum Gasteiger partial charge on any atom is -0.491 e. The van der Waals surface area contributed by atoms with Crippen molar-refractivity contribution >= 4 is 12.0 Å². The van der Waals surface area contributed by atoms with Gasteiger partial charge in [0.1, 0.15) is 18.0 Å². The highest BCUT2D eigenvalue weighted by Crippen LogP contribution is 2.24. The first-order chi connectivity index (χ1) is 13.8. The van der Waals surface area contributed by atoms with E-state index in [0.29, 0.717) is 31.9 Å². The number of rotatable bonds is 2. The molecule has 1 atom stereocenters. The predicted molar refractivity (Wildman–Crippen MR) is 106 cm³/mol. The molecule has 2 aliphatic heterocycles. The molecule has 4 rings (SSSR count). The number of benzene rings is 1. The van der Waals surface area contributed by atoms with Gasteiger partial charge in [0.05, 0.1) is 24.8 Å². The number of hydrogen-bond acceptors (Lipinski definition) is 5. The van der Waals surface area contributed by atoms with Crippen LogP contribution < -0.4 is 10.1 Å². The molecule has 0 spiro atoms. The Morgan fingerprint density at radius 2 is 2.03 bits per heavy atom. The number of nitrogens with zero attached hydrogens (tertiary/aromatic N) is 3. The van der Waals surface area contributed by atoms with Gasteiger partial charge in [-0.15, -0.1) is 0 Å². The summed E-state index contributed by atoms with van der Waals surface area (Å²) in [5.74, 6) is 0.640. The number of carbonyl (C=O) groups is 2. The highest BCUT2D eigenvalue weighted by Gasteiger charge is 2.28. The molecule has 2 aromatic rings. The van der Waals surface area contributed by atoms with Crippen LogP contribution in [0.25, 0.3) is 0 Å². The molecule has 0 fully saturated rings. The third kappa shape index (κ3) is 4.36. The second kappa shape index (κ2) is 7.42. The molecular weight excluding hydrogens is 372 g/mol. The Morgan fingerprint density at radius 3 is 2.83 bits per heavy atom. The van der Waals surface area contributed by atoms with Crippen molar-refractivity contribution in [3.8, 4) is 5.75 Å². The van der Waals surface area contributed by atoms with Gasteiger partial charge in [-0.2, -0.15) is 5.10 Å². The van der Waals surface area contributed by atoms with E-state index in [2.05, 4.69) is 10.4 Å². The third-order valence-electron chi connectivity index (χ3n) is 4.90. The molecule has 0 unspecified atom stereocenters. The summed E-state index contributed by atoms with van der Waals surface area (Å²) in [4.78, 5) is 26.6. The second-order valence-electron chi connectivity index (χ2n) is 8.44. The highest BCUT2D eigenvalue weighted by molar-refractivity contribution is 5.92. The standard InChI is InChI=1S/C21H26N4O4/c1-21(2,3)29-20(27)24-8-9-25-16(12-24)11-17(23-25)19(26)22-15-10-14-6-4-5-7-18(14)28-13-15/h4-7,11,15H,8-10,12-13H2,1-3H3,(H,22,26)/t15-/m1/s1. The van der Waals surface area contributed by atoms with Crippen molar-refractivity contribution in [3.63, 3.8) is 0 Å². The van der Waals surface area contributed by atoms with Gasteiger partial charge in [0.2, 0.25) is 0 Å². The molecule has 3 heterocycles. The van der Waals surface area contributed by atoms with Gasteiger partial charge in [0.15, 0.2) is 5.69 Å². The van der Waals surface area contributed by atoms with E-state index >= 15 is 0 Å². The fourth-order valence-corrected chi connectivity index (χ4v) is 3.54. The van der Waals surface area contributed by atoms with E-state index in [1.807, 2.05) is 45.0 Å². The first-order valence-corrected chi connectivity index (χ1v) is 9.85. The quantitative estimate of drug-likeness (QED) is 0.839. The van der Waals surface area contributed by atoms with Crippen LogP contribution in [-0.2, 0) is 24.2 Å². The zero-order chi connectivity index (χ0) is 20.6. The summed E-state index contributed by atoms with van der Waals surface area (Å²) < 4.78 is 13.0. The van der Waals surface area contributed by atoms with Crippen molar-refractivity contribution in [1.82, 2.24) is 20.0 Å². The maximum absolute atomic E-state index is 12.7. The Balaban J connectivity index is 1.39. The van der Waals surface area contributed by atoms with E-state index in [1.165, 1.54) is 0 Å². The lowest BCUT2D eigenvalue weighted by atomic mass is 10.0. The van der Waals surface area contributed by atoms with Crippen molar-refractivity contribution in [3.05, 3.63) is 47.3 Å². The van der Waals surface area contributed by atoms with E-state index in [1.54, 1.807) is 15.6 Å². The lowest BCUT2D eigenvalue weighted by molar-refractivity contribution is 0.0194. The van der Waals surface area contributed by atoms with E-state index in [-0.39, 0.29) is 18.0 Å². The number of fused-ring (bicyclic) bond motifs is 2. The van der Waals surface area contributed by atoms with Crippen LogP contribution >= 0.6 is 0 Å². The average molecular weight is 398 g/mol. The number of aromatic nitrogens is 2. The molecule has 1 N–H and O–H groups in total. The molecule has 8 heteroatoms. The van der Waals surface area contributed by atoms with Crippen molar-refractivity contribution in [2.75, 3.05) is 13.2 Å². The Labute approximate surface area is 169 Å². The molecule has 1 aromatic heterocycles.